The van der Waals surface area contributed by atoms with E-state index in [-0.39, 0.29) is 71.6 Å². The van der Waals surface area contributed by atoms with E-state index in [1.54, 1.807) is 28.4 Å². The number of likely N-dealkylation sites (N-methyl/N-ethyl adjacent to an activating group) is 1. The van der Waals surface area contributed by atoms with Crippen molar-refractivity contribution < 1.29 is 194 Å². The molecule has 42 nitrogen and oxygen atoms in total. The first-order valence-electron chi connectivity index (χ1n) is 39.9. The van der Waals surface area contributed by atoms with Crippen LogP contribution in [0.25, 0.3) is 0 Å². The highest BCUT2D eigenvalue weighted by atomic mass is 16.8. The van der Waals surface area contributed by atoms with Crippen molar-refractivity contribution in [2.24, 2.45) is 0 Å². The second-order valence-electron chi connectivity index (χ2n) is 29.7. The zero-order chi connectivity index (χ0) is 87.6. The maximum Gasteiger partial charge on any atom is 0.247 e. The van der Waals surface area contributed by atoms with Crippen molar-refractivity contribution in [1.29, 1.82) is 0 Å². The number of methoxy groups -OCH3 is 24. The van der Waals surface area contributed by atoms with Gasteiger partial charge in [0.25, 0.3) is 0 Å². The lowest BCUT2D eigenvalue weighted by Gasteiger charge is -2.52. The van der Waals surface area contributed by atoms with E-state index in [4.69, 9.17) is 189 Å². The number of carbonyl (C=O) groups excluding carboxylic acids is 1. The van der Waals surface area contributed by atoms with Gasteiger partial charge in [0.05, 0.1) is 59.0 Å². The summed E-state index contributed by atoms with van der Waals surface area (Å²) in [6, 6.07) is 0. The molecule has 42 heteroatoms. The Hall–Kier alpha value is -2.39. The Morgan fingerprint density at radius 2 is 0.408 bits per heavy atom. The summed E-state index contributed by atoms with van der Waals surface area (Å²) < 4.78 is 255. The summed E-state index contributed by atoms with van der Waals surface area (Å²) in [7, 11) is 37.9. The van der Waals surface area contributed by atoms with Gasteiger partial charge in [0.1, 0.15) is 202 Å². The minimum Gasteiger partial charge on any atom is -0.382 e. The minimum atomic E-state index is -1.27. The molecule has 120 heavy (non-hydrogen) atoms. The molecule has 0 aromatic carbocycles. The van der Waals surface area contributed by atoms with Gasteiger partial charge >= 0.3 is 0 Å². The summed E-state index contributed by atoms with van der Waals surface area (Å²) in [5.74, 6) is -0.333. The molecule has 8 fully saturated rings. The van der Waals surface area contributed by atoms with Crippen LogP contribution < -0.4 is 0 Å². The van der Waals surface area contributed by atoms with Crippen LogP contribution >= 0.6 is 0 Å². The average molecular weight is 1750 g/mol. The van der Waals surface area contributed by atoms with E-state index in [9.17, 15) is 4.79 Å². The molecular weight excluding hydrogens is 1610 g/mol. The van der Waals surface area contributed by atoms with Crippen LogP contribution in [0.1, 0.15) is 6.92 Å². The molecule has 0 aromatic rings. The molecular formula is C78H139NO41. The van der Waals surface area contributed by atoms with Crippen LogP contribution in [0.15, 0.2) is 12.7 Å². The van der Waals surface area contributed by atoms with Crippen LogP contribution in [0.5, 0.6) is 0 Å². The van der Waals surface area contributed by atoms with Crippen molar-refractivity contribution in [3.05, 3.63) is 12.7 Å². The summed E-state index contributed by atoms with van der Waals surface area (Å²) in [6.07, 6.45) is -36.9. The van der Waals surface area contributed by atoms with Crippen LogP contribution in [0.3, 0.4) is 0 Å². The van der Waals surface area contributed by atoms with Crippen LogP contribution in [-0.2, 0) is 194 Å². The van der Waals surface area contributed by atoms with Crippen LogP contribution in [0, 0.1) is 0 Å². The van der Waals surface area contributed by atoms with Crippen molar-refractivity contribution in [1.82, 2.24) is 4.90 Å². The molecule has 8 saturated heterocycles. The number of nitrogens with zero attached hydrogens (tertiary/aromatic N) is 1. The Labute approximate surface area is 705 Å². The zero-order valence-electron chi connectivity index (χ0n) is 74.4. The fourth-order valence-corrected chi connectivity index (χ4v) is 17.5. The molecule has 0 saturated carbocycles. The maximum atomic E-state index is 12.3. The van der Waals surface area contributed by atoms with E-state index in [2.05, 4.69) is 6.58 Å². The SMILES string of the molecule is C=CC(=O)N(C)COCC1OC(OC2C(COC)OC(OC3C(COC)OC(OC4C(COC)OC(OC5C(COC)OC(OC6C(COC)OC(OC7C(COC)OC(OC8C(COC)OC(C)C(OC)C8OC)C(OC)C7OC)C(OC)C6OC)C(OC)C5OC)C(OC)C4OC)C(OC)C3OC)C(OC)C2OC)C(OC)C(OC)C1OC. The van der Waals surface area contributed by atoms with Crippen LogP contribution in [0.2, 0.25) is 0 Å². The summed E-state index contributed by atoms with van der Waals surface area (Å²) in [5, 5.41) is 0. The second-order valence-corrected chi connectivity index (χ2v) is 29.7. The fourth-order valence-electron chi connectivity index (χ4n) is 17.5. The third-order valence-electron chi connectivity index (χ3n) is 23.1. The van der Waals surface area contributed by atoms with Crippen molar-refractivity contribution in [2.45, 2.75) is 252 Å². The summed E-state index contributed by atoms with van der Waals surface area (Å²) in [4.78, 5) is 13.7. The van der Waals surface area contributed by atoms with Crippen molar-refractivity contribution >= 4 is 5.91 Å². The summed E-state index contributed by atoms with van der Waals surface area (Å²) >= 11 is 0. The van der Waals surface area contributed by atoms with E-state index < -0.39 is 239 Å². The fraction of sp³-hybridized carbons (Fsp3) is 0.962. The van der Waals surface area contributed by atoms with E-state index >= 15 is 0 Å². The molecule has 0 bridgehead atoms. The minimum absolute atomic E-state index is 0.00623. The number of carbonyl (C=O) groups is 1. The Balaban J connectivity index is 0.992. The molecule has 702 valence electrons. The van der Waals surface area contributed by atoms with Crippen molar-refractivity contribution in [3.63, 3.8) is 0 Å². The third kappa shape index (κ3) is 23.8. The van der Waals surface area contributed by atoms with Gasteiger partial charge < -0.3 is 194 Å². The second kappa shape index (κ2) is 51.7. The quantitative estimate of drug-likeness (QED) is 0.0517. The monoisotopic (exact) mass is 1750 g/mol. The van der Waals surface area contributed by atoms with E-state index in [1.807, 2.05) is 6.92 Å². The summed E-state index contributed by atoms with van der Waals surface area (Å²) in [5.41, 5.74) is 0. The lowest BCUT2D eigenvalue weighted by Crippen LogP contribution is -2.69. The maximum absolute atomic E-state index is 12.3. The Morgan fingerprint density at radius 3 is 0.583 bits per heavy atom. The lowest BCUT2D eigenvalue weighted by atomic mass is 9.94. The predicted octanol–water partition coefficient (Wildman–Crippen LogP) is -1.06. The number of amides is 1. The molecule has 8 rings (SSSR count). The molecule has 40 unspecified atom stereocenters. The number of hydrogen-bond acceptors (Lipinski definition) is 41. The third-order valence-corrected chi connectivity index (χ3v) is 23.1. The molecule has 1 amide bonds. The molecule has 8 aliphatic rings. The first-order valence-corrected chi connectivity index (χ1v) is 39.9. The smallest absolute Gasteiger partial charge is 0.247 e. The van der Waals surface area contributed by atoms with Gasteiger partial charge in [-0.3, -0.25) is 4.79 Å². The molecule has 0 radical (unpaired) electrons. The molecule has 0 aromatic heterocycles. The van der Waals surface area contributed by atoms with Gasteiger partial charge in [-0.1, -0.05) is 6.58 Å². The van der Waals surface area contributed by atoms with Gasteiger partial charge in [-0.2, -0.15) is 0 Å². The van der Waals surface area contributed by atoms with Gasteiger partial charge in [-0.05, 0) is 13.0 Å². The number of rotatable bonds is 50. The van der Waals surface area contributed by atoms with Crippen molar-refractivity contribution in [2.75, 3.05) is 237 Å². The topological polar surface area (TPSA) is 390 Å². The lowest BCUT2D eigenvalue weighted by molar-refractivity contribution is -0.405. The van der Waals surface area contributed by atoms with Gasteiger partial charge in [0.15, 0.2) is 44.0 Å². The van der Waals surface area contributed by atoms with Gasteiger partial charge in [0, 0.05) is 178 Å². The predicted molar refractivity (Wildman–Crippen MR) is 410 cm³/mol. The van der Waals surface area contributed by atoms with E-state index in [0.717, 1.165) is 0 Å². The molecule has 8 heterocycles. The zero-order valence-corrected chi connectivity index (χ0v) is 74.4. The average Bonchev–Trinajstić information content (AvgIpc) is 0.765. The highest BCUT2D eigenvalue weighted by Crippen LogP contribution is 2.43. The standard InChI is InChI=1S/C78H139NO41/c1-28-47(80)79(3)37-105-36-46-49(89-12)58(91-14)65(98-21)72(113-46)115-51-40(30-82-5)108-74(67(100-23)59(51)92-15)117-53-42(32-84-7)110-76(69(102-25)61(53)94-17)119-55-44(34-86-9)112-78(71(104-27)63(55)96-19)120-56-45(35-87-10)111-77(70(103-26)64(56)97-20)118-54-43(33-85-8)109-75(68(101-24)62(54)95-18)116-52-41(31-83-6)107-73(66(99-22)60(52)93-16)114-50-39(29-81-4)106-38(2)48(88-11)57(50)90-13/h28,38-46,48-78H,1,29-37H2,2-27H3. The largest absolute Gasteiger partial charge is 0.382 e. The number of ether oxygens (including phenoxy) is 40. The van der Waals surface area contributed by atoms with E-state index in [0.29, 0.717) is 0 Å². The van der Waals surface area contributed by atoms with Crippen LogP contribution in [-0.4, -0.2) is 494 Å². The number of hydrogen-bond donors (Lipinski definition) is 0. The van der Waals surface area contributed by atoms with Gasteiger partial charge in [-0.15, -0.1) is 0 Å². The van der Waals surface area contributed by atoms with E-state index in [1.165, 1.54) is 160 Å². The Kier molecular flexibility index (Phi) is 44.4. The normalized spacial score (nSPS) is 42.8. The first kappa shape index (κ1) is 103. The highest BCUT2D eigenvalue weighted by molar-refractivity contribution is 5.86. The molecule has 0 aliphatic carbocycles. The highest BCUT2D eigenvalue weighted by Gasteiger charge is 2.62. The Morgan fingerprint density at radius 1 is 0.242 bits per heavy atom. The first-order chi connectivity index (χ1) is 58.2. The van der Waals surface area contributed by atoms with Crippen molar-refractivity contribution in [3.8, 4) is 0 Å². The summed E-state index contributed by atoms with van der Waals surface area (Å²) in [6.45, 7) is 5.23. The molecule has 0 N–H and O–H groups in total. The molecule has 40 atom stereocenters. The van der Waals surface area contributed by atoms with Gasteiger partial charge in [-0.25, -0.2) is 0 Å². The van der Waals surface area contributed by atoms with Crippen LogP contribution in [0.4, 0.5) is 0 Å². The van der Waals surface area contributed by atoms with Gasteiger partial charge in [0.2, 0.25) is 5.91 Å². The Bertz CT molecular complexity index is 2820. The molecule has 8 aliphatic heterocycles. The molecule has 0 spiro atoms.